The van der Waals surface area contributed by atoms with Gasteiger partial charge in [-0.3, -0.25) is 9.89 Å². The van der Waals surface area contributed by atoms with Crippen LogP contribution in [0.5, 0.6) is 0 Å². The molecule has 0 bridgehead atoms. The molecule has 0 saturated carbocycles. The van der Waals surface area contributed by atoms with Crippen molar-refractivity contribution in [2.45, 2.75) is 13.5 Å². The molecule has 0 radical (unpaired) electrons. The lowest BCUT2D eigenvalue weighted by atomic mass is 10.1. The van der Waals surface area contributed by atoms with Crippen LogP contribution in [-0.4, -0.2) is 47.7 Å². The molecule has 1 aromatic carbocycles. The quantitative estimate of drug-likeness (QED) is 0.717. The van der Waals surface area contributed by atoms with E-state index in [4.69, 9.17) is 5.73 Å². The molecule has 1 heterocycles. The number of likely N-dealkylation sites (N-methyl/N-ethyl adjacent to an activating group) is 1. The first kappa shape index (κ1) is 16.2. The Balaban J connectivity index is 2.15. The monoisotopic (exact) mass is 301 g/mol. The number of carbonyl (C=O) groups is 1. The van der Waals surface area contributed by atoms with Gasteiger partial charge >= 0.3 is 0 Å². The zero-order valence-electron chi connectivity index (χ0n) is 13.1. The van der Waals surface area contributed by atoms with Crippen LogP contribution < -0.4 is 11.1 Å². The number of H-pyrrole nitrogens is 1. The summed E-state index contributed by atoms with van der Waals surface area (Å²) in [5, 5.41) is 10.0. The molecule has 118 valence electrons. The molecule has 0 atom stereocenters. The number of nitrogens with two attached hydrogens (primary N) is 1. The number of nitrogens with zero attached hydrogens (tertiary/aromatic N) is 2. The first-order chi connectivity index (χ1) is 10.7. The van der Waals surface area contributed by atoms with Crippen LogP contribution in [0.4, 0.5) is 0 Å². The Hall–Kier alpha value is -2.18. The summed E-state index contributed by atoms with van der Waals surface area (Å²) in [6.07, 6.45) is 1.90. The molecule has 1 amide bonds. The van der Waals surface area contributed by atoms with Gasteiger partial charge in [0, 0.05) is 49.1 Å². The number of benzene rings is 1. The number of hydrogen-bond donors (Lipinski definition) is 3. The van der Waals surface area contributed by atoms with E-state index in [1.54, 1.807) is 0 Å². The van der Waals surface area contributed by atoms with E-state index in [0.717, 1.165) is 29.9 Å². The summed E-state index contributed by atoms with van der Waals surface area (Å²) in [7, 11) is 2.03. The molecule has 2 aromatic rings. The molecule has 0 aliphatic carbocycles. The average molecular weight is 301 g/mol. The SMILES string of the molecule is CCNC(=O)c1ccc(-c2n[nH]cc2CN(C)CCN)cc1. The maximum Gasteiger partial charge on any atom is 0.251 e. The van der Waals surface area contributed by atoms with Gasteiger partial charge in [-0.2, -0.15) is 5.10 Å². The number of nitrogens with one attached hydrogen (secondary N) is 2. The average Bonchev–Trinajstić information content (AvgIpc) is 2.96. The topological polar surface area (TPSA) is 87.0 Å². The zero-order valence-corrected chi connectivity index (χ0v) is 13.1. The molecule has 1 aromatic heterocycles. The minimum atomic E-state index is -0.0565. The van der Waals surface area contributed by atoms with Crippen molar-refractivity contribution < 1.29 is 4.79 Å². The lowest BCUT2D eigenvalue weighted by Crippen LogP contribution is -2.25. The number of amides is 1. The predicted octanol–water partition coefficient (Wildman–Crippen LogP) is 1.22. The van der Waals surface area contributed by atoms with Crippen molar-refractivity contribution in [2.75, 3.05) is 26.7 Å². The number of aromatic amines is 1. The molecule has 0 aliphatic rings. The standard InChI is InChI=1S/C16H23N5O/c1-3-18-16(22)13-6-4-12(5-7-13)15-14(10-19-20-15)11-21(2)9-8-17/h4-7,10H,3,8-9,11,17H2,1-2H3,(H,18,22)(H,19,20). The van der Waals surface area contributed by atoms with Gasteiger partial charge in [0.25, 0.3) is 5.91 Å². The Labute approximate surface area is 130 Å². The molecule has 0 fully saturated rings. The Morgan fingerprint density at radius 1 is 1.36 bits per heavy atom. The summed E-state index contributed by atoms with van der Waals surface area (Å²) in [5.41, 5.74) is 9.24. The van der Waals surface area contributed by atoms with Gasteiger partial charge in [0.15, 0.2) is 0 Å². The van der Waals surface area contributed by atoms with Gasteiger partial charge in [-0.25, -0.2) is 0 Å². The Morgan fingerprint density at radius 3 is 2.73 bits per heavy atom. The van der Waals surface area contributed by atoms with Crippen LogP contribution in [0.2, 0.25) is 0 Å². The highest BCUT2D eigenvalue weighted by Gasteiger charge is 2.11. The fourth-order valence-electron chi connectivity index (χ4n) is 2.32. The fraction of sp³-hybridized carbons (Fsp3) is 0.375. The first-order valence-electron chi connectivity index (χ1n) is 7.45. The smallest absolute Gasteiger partial charge is 0.251 e. The second-order valence-corrected chi connectivity index (χ2v) is 5.22. The van der Waals surface area contributed by atoms with E-state index >= 15 is 0 Å². The number of rotatable bonds is 7. The van der Waals surface area contributed by atoms with Crippen LogP contribution in [0.15, 0.2) is 30.5 Å². The van der Waals surface area contributed by atoms with Crippen LogP contribution in [0.25, 0.3) is 11.3 Å². The van der Waals surface area contributed by atoms with Crippen LogP contribution in [-0.2, 0) is 6.54 Å². The van der Waals surface area contributed by atoms with E-state index < -0.39 is 0 Å². The van der Waals surface area contributed by atoms with E-state index in [1.807, 2.05) is 44.4 Å². The number of carbonyl (C=O) groups excluding carboxylic acids is 1. The molecular weight excluding hydrogens is 278 g/mol. The van der Waals surface area contributed by atoms with Gasteiger partial charge in [-0.05, 0) is 26.1 Å². The Kier molecular flexibility index (Phi) is 5.68. The lowest BCUT2D eigenvalue weighted by molar-refractivity contribution is 0.0956. The van der Waals surface area contributed by atoms with Crippen molar-refractivity contribution in [1.29, 1.82) is 0 Å². The van der Waals surface area contributed by atoms with E-state index in [2.05, 4.69) is 20.4 Å². The fourth-order valence-corrected chi connectivity index (χ4v) is 2.32. The van der Waals surface area contributed by atoms with E-state index in [0.29, 0.717) is 18.7 Å². The summed E-state index contributed by atoms with van der Waals surface area (Å²) < 4.78 is 0. The van der Waals surface area contributed by atoms with Crippen LogP contribution in [0, 0.1) is 0 Å². The Bertz CT molecular complexity index is 605. The third-order valence-electron chi connectivity index (χ3n) is 3.43. The van der Waals surface area contributed by atoms with Crippen molar-refractivity contribution >= 4 is 5.91 Å². The van der Waals surface area contributed by atoms with Crippen molar-refractivity contribution in [2.24, 2.45) is 5.73 Å². The molecule has 0 unspecified atom stereocenters. The highest BCUT2D eigenvalue weighted by molar-refractivity contribution is 5.94. The summed E-state index contributed by atoms with van der Waals surface area (Å²) >= 11 is 0. The number of hydrogen-bond acceptors (Lipinski definition) is 4. The van der Waals surface area contributed by atoms with Gasteiger partial charge in [0.1, 0.15) is 0 Å². The van der Waals surface area contributed by atoms with E-state index in [-0.39, 0.29) is 5.91 Å². The van der Waals surface area contributed by atoms with Gasteiger partial charge in [0.2, 0.25) is 0 Å². The predicted molar refractivity (Wildman–Crippen MR) is 87.4 cm³/mol. The number of aromatic nitrogens is 2. The maximum atomic E-state index is 11.8. The normalized spacial score (nSPS) is 10.9. The van der Waals surface area contributed by atoms with Gasteiger partial charge in [-0.15, -0.1) is 0 Å². The molecule has 2 rings (SSSR count). The molecule has 0 aliphatic heterocycles. The maximum absolute atomic E-state index is 11.8. The Morgan fingerprint density at radius 2 is 2.09 bits per heavy atom. The van der Waals surface area contributed by atoms with Crippen molar-refractivity contribution in [1.82, 2.24) is 20.4 Å². The molecule has 22 heavy (non-hydrogen) atoms. The minimum absolute atomic E-state index is 0.0565. The van der Waals surface area contributed by atoms with Crippen LogP contribution >= 0.6 is 0 Å². The molecule has 0 spiro atoms. The molecule has 4 N–H and O–H groups in total. The van der Waals surface area contributed by atoms with Gasteiger partial charge < -0.3 is 16.0 Å². The lowest BCUT2D eigenvalue weighted by Gasteiger charge is -2.15. The third kappa shape index (κ3) is 3.93. The van der Waals surface area contributed by atoms with Gasteiger partial charge in [-0.1, -0.05) is 12.1 Å². The second-order valence-electron chi connectivity index (χ2n) is 5.22. The summed E-state index contributed by atoms with van der Waals surface area (Å²) in [6.45, 7) is 4.77. The zero-order chi connectivity index (χ0) is 15.9. The molecule has 6 heteroatoms. The highest BCUT2D eigenvalue weighted by Crippen LogP contribution is 2.22. The largest absolute Gasteiger partial charge is 0.352 e. The van der Waals surface area contributed by atoms with Gasteiger partial charge in [0.05, 0.1) is 5.69 Å². The van der Waals surface area contributed by atoms with E-state index in [1.165, 1.54) is 0 Å². The highest BCUT2D eigenvalue weighted by atomic mass is 16.1. The van der Waals surface area contributed by atoms with Crippen LogP contribution in [0.1, 0.15) is 22.8 Å². The first-order valence-corrected chi connectivity index (χ1v) is 7.45. The van der Waals surface area contributed by atoms with Crippen LogP contribution in [0.3, 0.4) is 0 Å². The molecule has 0 saturated heterocycles. The second kappa shape index (κ2) is 7.72. The van der Waals surface area contributed by atoms with E-state index in [9.17, 15) is 4.79 Å². The summed E-state index contributed by atoms with van der Waals surface area (Å²) in [6, 6.07) is 7.49. The molecule has 6 nitrogen and oxygen atoms in total. The van der Waals surface area contributed by atoms with Crippen molar-refractivity contribution in [3.63, 3.8) is 0 Å². The van der Waals surface area contributed by atoms with Crippen molar-refractivity contribution in [3.8, 4) is 11.3 Å². The third-order valence-corrected chi connectivity index (χ3v) is 3.43. The summed E-state index contributed by atoms with van der Waals surface area (Å²) in [5.74, 6) is -0.0565. The van der Waals surface area contributed by atoms with Crippen molar-refractivity contribution in [3.05, 3.63) is 41.6 Å². The minimum Gasteiger partial charge on any atom is -0.352 e. The molecular formula is C16H23N5O. The summed E-state index contributed by atoms with van der Waals surface area (Å²) in [4.78, 5) is 13.9.